The molecule has 0 atom stereocenters. The van der Waals surface area contributed by atoms with Gasteiger partial charge in [-0.1, -0.05) is 0 Å². The first-order chi connectivity index (χ1) is 6.19. The van der Waals surface area contributed by atoms with E-state index in [1.54, 1.807) is 25.3 Å². The van der Waals surface area contributed by atoms with Crippen LogP contribution in [0, 0.1) is 0 Å². The van der Waals surface area contributed by atoms with Crippen molar-refractivity contribution >= 4 is 28.6 Å². The Morgan fingerprint density at radius 1 is 1.54 bits per heavy atom. The monoisotopic (exact) mass is 216 g/mol. The Morgan fingerprint density at radius 2 is 2.23 bits per heavy atom. The quantitative estimate of drug-likeness (QED) is 0.574. The molecule has 13 heavy (non-hydrogen) atoms. The van der Waals surface area contributed by atoms with E-state index in [1.165, 1.54) is 11.8 Å². The predicted octanol–water partition coefficient (Wildman–Crippen LogP) is 2.80. The van der Waals surface area contributed by atoms with Gasteiger partial charge in [-0.2, -0.15) is 0 Å². The Labute approximate surface area is 86.2 Å². The van der Waals surface area contributed by atoms with Gasteiger partial charge < -0.3 is 4.74 Å². The Morgan fingerprint density at radius 3 is 2.69 bits per heavy atom. The van der Waals surface area contributed by atoms with E-state index in [4.69, 9.17) is 16.3 Å². The fourth-order valence-electron chi connectivity index (χ4n) is 0.961. The van der Waals surface area contributed by atoms with Crippen molar-refractivity contribution in [2.24, 2.45) is 0 Å². The number of halogens is 1. The third-order valence-electron chi connectivity index (χ3n) is 1.62. The minimum Gasteiger partial charge on any atom is -0.497 e. The van der Waals surface area contributed by atoms with E-state index in [1.807, 2.05) is 6.26 Å². The van der Waals surface area contributed by atoms with Crippen molar-refractivity contribution in [3.63, 3.8) is 0 Å². The van der Waals surface area contributed by atoms with Crippen LogP contribution in [0.15, 0.2) is 23.1 Å². The average Bonchev–Trinajstić information content (AvgIpc) is 2.16. The van der Waals surface area contributed by atoms with Crippen LogP contribution in [0.25, 0.3) is 0 Å². The Bertz CT molecular complexity index is 325. The summed E-state index contributed by atoms with van der Waals surface area (Å²) < 4.78 is 5.02. The van der Waals surface area contributed by atoms with Gasteiger partial charge in [0.2, 0.25) is 0 Å². The third-order valence-corrected chi connectivity index (χ3v) is 2.60. The summed E-state index contributed by atoms with van der Waals surface area (Å²) in [6.45, 7) is 0. The Hall–Kier alpha value is -0.670. The Balaban J connectivity index is 3.15. The van der Waals surface area contributed by atoms with Crippen molar-refractivity contribution in [2.45, 2.75) is 4.90 Å². The minimum absolute atomic E-state index is 0.438. The fraction of sp³-hybridized carbons (Fsp3) is 0.222. The molecule has 0 saturated carbocycles. The minimum atomic E-state index is -0.438. The van der Waals surface area contributed by atoms with E-state index in [9.17, 15) is 4.79 Å². The molecule has 0 spiro atoms. The first-order valence-electron chi connectivity index (χ1n) is 3.61. The van der Waals surface area contributed by atoms with Gasteiger partial charge in [-0.3, -0.25) is 4.79 Å². The van der Waals surface area contributed by atoms with E-state index < -0.39 is 5.24 Å². The molecule has 0 heterocycles. The summed E-state index contributed by atoms with van der Waals surface area (Å²) in [6, 6.07) is 5.18. The number of thioether (sulfide) groups is 1. The van der Waals surface area contributed by atoms with Crippen LogP contribution < -0.4 is 4.74 Å². The highest BCUT2D eigenvalue weighted by atomic mass is 35.5. The van der Waals surface area contributed by atoms with Crippen molar-refractivity contribution < 1.29 is 9.53 Å². The smallest absolute Gasteiger partial charge is 0.253 e. The van der Waals surface area contributed by atoms with Gasteiger partial charge in [0.15, 0.2) is 0 Å². The number of carbonyl (C=O) groups is 1. The molecule has 0 saturated heterocycles. The lowest BCUT2D eigenvalue weighted by molar-refractivity contribution is 0.107. The van der Waals surface area contributed by atoms with Gasteiger partial charge in [-0.05, 0) is 36.1 Å². The molecule has 70 valence electrons. The standard InChI is InChI=1S/C9H9ClO2S/c1-12-6-3-4-7(9(10)11)8(5-6)13-2/h3-5H,1-2H3. The molecule has 0 radical (unpaired) electrons. The maximum absolute atomic E-state index is 10.9. The molecule has 0 aromatic heterocycles. The molecule has 0 amide bonds. The van der Waals surface area contributed by atoms with E-state index in [2.05, 4.69) is 0 Å². The Kier molecular flexibility index (Phi) is 3.63. The molecular weight excluding hydrogens is 208 g/mol. The lowest BCUT2D eigenvalue weighted by Crippen LogP contribution is -1.93. The van der Waals surface area contributed by atoms with E-state index in [0.717, 1.165) is 10.6 Å². The second-order valence-corrected chi connectivity index (χ2v) is 3.53. The number of methoxy groups -OCH3 is 1. The van der Waals surface area contributed by atoms with Crippen molar-refractivity contribution in [3.8, 4) is 5.75 Å². The molecule has 0 aliphatic carbocycles. The zero-order valence-corrected chi connectivity index (χ0v) is 8.91. The highest BCUT2D eigenvalue weighted by Crippen LogP contribution is 2.26. The molecule has 0 bridgehead atoms. The number of carbonyl (C=O) groups excluding carboxylic acids is 1. The van der Waals surface area contributed by atoms with Gasteiger partial charge in [0.25, 0.3) is 5.24 Å². The summed E-state index contributed by atoms with van der Waals surface area (Å²) >= 11 is 6.86. The van der Waals surface area contributed by atoms with Crippen molar-refractivity contribution in [1.29, 1.82) is 0 Å². The highest BCUT2D eigenvalue weighted by Gasteiger charge is 2.08. The molecular formula is C9H9ClO2S. The van der Waals surface area contributed by atoms with Crippen LogP contribution in [0.3, 0.4) is 0 Å². The lowest BCUT2D eigenvalue weighted by Gasteiger charge is -2.05. The van der Waals surface area contributed by atoms with Crippen LogP contribution >= 0.6 is 23.4 Å². The predicted molar refractivity (Wildman–Crippen MR) is 55.0 cm³/mol. The van der Waals surface area contributed by atoms with Gasteiger partial charge in [0.1, 0.15) is 5.75 Å². The summed E-state index contributed by atoms with van der Waals surface area (Å²) in [6.07, 6.45) is 1.89. The van der Waals surface area contributed by atoms with Gasteiger partial charge in [-0.15, -0.1) is 11.8 Å². The average molecular weight is 217 g/mol. The van der Waals surface area contributed by atoms with Gasteiger partial charge >= 0.3 is 0 Å². The summed E-state index contributed by atoms with van der Waals surface area (Å²) in [7, 11) is 1.58. The third kappa shape index (κ3) is 2.39. The van der Waals surface area contributed by atoms with Gasteiger partial charge in [-0.25, -0.2) is 0 Å². The number of ether oxygens (including phenoxy) is 1. The van der Waals surface area contributed by atoms with Crippen molar-refractivity contribution in [3.05, 3.63) is 23.8 Å². The van der Waals surface area contributed by atoms with Crippen molar-refractivity contribution in [1.82, 2.24) is 0 Å². The molecule has 0 fully saturated rings. The molecule has 0 aliphatic heterocycles. The van der Waals surface area contributed by atoms with Crippen LogP contribution in [0.1, 0.15) is 10.4 Å². The van der Waals surface area contributed by atoms with Crippen LogP contribution in [-0.2, 0) is 0 Å². The molecule has 0 unspecified atom stereocenters. The molecule has 1 aromatic rings. The van der Waals surface area contributed by atoms with Crippen molar-refractivity contribution in [2.75, 3.05) is 13.4 Å². The van der Waals surface area contributed by atoms with E-state index in [-0.39, 0.29) is 0 Å². The molecule has 2 nitrogen and oxygen atoms in total. The highest BCUT2D eigenvalue weighted by molar-refractivity contribution is 7.98. The zero-order chi connectivity index (χ0) is 9.84. The van der Waals surface area contributed by atoms with Crippen LogP contribution in [-0.4, -0.2) is 18.6 Å². The van der Waals surface area contributed by atoms with Gasteiger partial charge in [0, 0.05) is 10.5 Å². The topological polar surface area (TPSA) is 26.3 Å². The molecule has 0 aliphatic rings. The number of benzene rings is 1. The summed E-state index contributed by atoms with van der Waals surface area (Å²) in [5, 5.41) is -0.438. The van der Waals surface area contributed by atoms with Crippen LogP contribution in [0.4, 0.5) is 0 Å². The maximum atomic E-state index is 10.9. The normalized spacial score (nSPS) is 9.77. The van der Waals surface area contributed by atoms with E-state index >= 15 is 0 Å². The van der Waals surface area contributed by atoms with E-state index in [0.29, 0.717) is 5.56 Å². The second-order valence-electron chi connectivity index (χ2n) is 2.34. The fourth-order valence-corrected chi connectivity index (χ4v) is 1.80. The van der Waals surface area contributed by atoms with Crippen LogP contribution in [0.5, 0.6) is 5.75 Å². The van der Waals surface area contributed by atoms with Crippen LogP contribution in [0.2, 0.25) is 0 Å². The molecule has 0 N–H and O–H groups in total. The molecule has 4 heteroatoms. The van der Waals surface area contributed by atoms with Gasteiger partial charge in [0.05, 0.1) is 7.11 Å². The molecule has 1 rings (SSSR count). The number of rotatable bonds is 3. The zero-order valence-electron chi connectivity index (χ0n) is 7.33. The summed E-state index contributed by atoms with van der Waals surface area (Å²) in [4.78, 5) is 11.8. The maximum Gasteiger partial charge on any atom is 0.253 e. The summed E-state index contributed by atoms with van der Waals surface area (Å²) in [5.74, 6) is 0.728. The molecule has 1 aromatic carbocycles. The largest absolute Gasteiger partial charge is 0.497 e. The lowest BCUT2D eigenvalue weighted by atomic mass is 10.2. The second kappa shape index (κ2) is 4.53. The number of hydrogen-bond donors (Lipinski definition) is 0. The summed E-state index contributed by atoms with van der Waals surface area (Å²) in [5.41, 5.74) is 0.523. The SMILES string of the molecule is COc1ccc(C(=O)Cl)c(SC)c1. The first kappa shape index (κ1) is 10.4. The first-order valence-corrected chi connectivity index (χ1v) is 5.21. The number of hydrogen-bond acceptors (Lipinski definition) is 3.